The van der Waals surface area contributed by atoms with Crippen molar-refractivity contribution in [2.75, 3.05) is 12.3 Å². The number of hydrogen-bond donors (Lipinski definition) is 1. The number of thioether (sulfide) groups is 1. The zero-order valence-electron chi connectivity index (χ0n) is 17.1. The number of halogens is 1. The van der Waals surface area contributed by atoms with Gasteiger partial charge in [0.2, 0.25) is 0 Å². The maximum atomic E-state index is 12.4. The second-order valence-corrected chi connectivity index (χ2v) is 8.72. The third kappa shape index (κ3) is 7.07. The fraction of sp³-hybridized carbons (Fsp3) is 0.364. The monoisotopic (exact) mass is 433 g/mol. The molecule has 0 saturated heterocycles. The topological polar surface area (TPSA) is 60.7 Å². The summed E-state index contributed by atoms with van der Waals surface area (Å²) in [5, 5.41) is 3.12. The lowest BCUT2D eigenvalue weighted by Crippen LogP contribution is -3.00. The molecule has 0 fully saturated rings. The summed E-state index contributed by atoms with van der Waals surface area (Å²) in [6, 6.07) is 18.3. The molecule has 156 valence electrons. The Hall–Kier alpha value is -2.02. The summed E-state index contributed by atoms with van der Waals surface area (Å²) in [7, 11) is 0. The Kier molecular flexibility index (Phi) is 8.56. The number of benzene rings is 2. The first-order valence-electron chi connectivity index (χ1n) is 9.60. The van der Waals surface area contributed by atoms with Crippen molar-refractivity contribution in [1.29, 1.82) is 0 Å². The third-order valence-corrected chi connectivity index (χ3v) is 5.15. The largest absolute Gasteiger partial charge is 1.00 e. The van der Waals surface area contributed by atoms with Crippen molar-refractivity contribution in [1.82, 2.24) is 9.55 Å². The molecule has 2 N–H and O–H groups in total. The van der Waals surface area contributed by atoms with Crippen molar-refractivity contribution in [3.05, 3.63) is 54.6 Å². The summed E-state index contributed by atoms with van der Waals surface area (Å²) in [5.41, 5.74) is 2.63. The Morgan fingerprint density at radius 1 is 1.10 bits per heavy atom. The molecular weight excluding hydrogens is 406 g/mol. The molecule has 5 nitrogen and oxygen atoms in total. The first kappa shape index (κ1) is 23.3. The summed E-state index contributed by atoms with van der Waals surface area (Å²) in [6.45, 7) is 6.85. The van der Waals surface area contributed by atoms with Gasteiger partial charge in [-0.3, -0.25) is 4.79 Å². The molecule has 0 atom stereocenters. The smallest absolute Gasteiger partial charge is 0.326 e. The highest BCUT2D eigenvalue weighted by molar-refractivity contribution is 7.99. The van der Waals surface area contributed by atoms with Crippen LogP contribution < -0.4 is 17.7 Å². The molecule has 0 spiro atoms. The second-order valence-electron chi connectivity index (χ2n) is 7.66. The van der Waals surface area contributed by atoms with Crippen LogP contribution in [0.4, 0.5) is 5.69 Å². The van der Waals surface area contributed by atoms with Crippen molar-refractivity contribution < 1.29 is 27.3 Å². The summed E-state index contributed by atoms with van der Waals surface area (Å²) < 4.78 is 7.47. The van der Waals surface area contributed by atoms with Gasteiger partial charge in [0.25, 0.3) is 0 Å². The first-order chi connectivity index (χ1) is 13.4. The zero-order valence-corrected chi connectivity index (χ0v) is 18.7. The number of imidazole rings is 1. The molecular formula is C22H28ClN3O2S. The number of hydrogen-bond acceptors (Lipinski definition) is 4. The highest BCUT2D eigenvalue weighted by Crippen LogP contribution is 2.25. The van der Waals surface area contributed by atoms with Crippen molar-refractivity contribution in [2.24, 2.45) is 0 Å². The van der Waals surface area contributed by atoms with Crippen LogP contribution in [0.2, 0.25) is 0 Å². The second kappa shape index (κ2) is 10.7. The Morgan fingerprint density at radius 3 is 2.52 bits per heavy atom. The molecule has 0 aliphatic carbocycles. The van der Waals surface area contributed by atoms with E-state index in [0.29, 0.717) is 0 Å². The summed E-state index contributed by atoms with van der Waals surface area (Å²) in [4.78, 5) is 17.1. The van der Waals surface area contributed by atoms with Crippen LogP contribution in [-0.2, 0) is 16.1 Å². The Labute approximate surface area is 182 Å². The lowest BCUT2D eigenvalue weighted by Gasteiger charge is -2.20. The predicted octanol–water partition coefficient (Wildman–Crippen LogP) is 0.759. The molecule has 1 aromatic heterocycles. The van der Waals surface area contributed by atoms with E-state index in [4.69, 9.17) is 9.72 Å². The number of aromatic nitrogens is 2. The van der Waals surface area contributed by atoms with Gasteiger partial charge in [-0.05, 0) is 45.0 Å². The van der Waals surface area contributed by atoms with Gasteiger partial charge in [0.05, 0.1) is 17.6 Å². The van der Waals surface area contributed by atoms with Gasteiger partial charge in [0.15, 0.2) is 5.16 Å². The standard InChI is InChI=1S/C22H27N3O2S.ClH/c1-22(2,3)27-20(26)16-25-19-13-8-7-12-18(19)24-21(25)28-15-9-14-23-17-10-5-4-6-11-17;/h4-8,10-13,23H,9,14-16H2,1-3H3;1H. The van der Waals surface area contributed by atoms with E-state index in [1.54, 1.807) is 11.8 Å². The van der Waals surface area contributed by atoms with E-state index in [1.165, 1.54) is 5.69 Å². The molecule has 2 aromatic carbocycles. The number of nitrogens with two attached hydrogens (primary N) is 1. The highest BCUT2D eigenvalue weighted by atomic mass is 35.5. The minimum Gasteiger partial charge on any atom is -1.00 e. The number of carbonyl (C=O) groups is 1. The SMILES string of the molecule is CC(C)(C)OC(=O)Cn1c(SCCC[NH2+]c2ccccc2)nc2ccccc21.[Cl-]. The minimum atomic E-state index is -0.492. The summed E-state index contributed by atoms with van der Waals surface area (Å²) in [5.74, 6) is 0.705. The average Bonchev–Trinajstić information content (AvgIpc) is 2.98. The number of ether oxygens (including phenoxy) is 1. The van der Waals surface area contributed by atoms with Crippen LogP contribution in [-0.4, -0.2) is 33.4 Å². The van der Waals surface area contributed by atoms with E-state index >= 15 is 0 Å². The number of nitrogens with zero attached hydrogens (tertiary/aromatic N) is 2. The molecule has 0 aliphatic heterocycles. The van der Waals surface area contributed by atoms with Gasteiger partial charge >= 0.3 is 5.97 Å². The van der Waals surface area contributed by atoms with Crippen LogP contribution in [0.25, 0.3) is 11.0 Å². The first-order valence-corrected chi connectivity index (χ1v) is 10.6. The van der Waals surface area contributed by atoms with Gasteiger partial charge in [0, 0.05) is 12.2 Å². The van der Waals surface area contributed by atoms with Crippen LogP contribution in [0.15, 0.2) is 59.8 Å². The lowest BCUT2D eigenvalue weighted by atomic mass is 10.2. The van der Waals surface area contributed by atoms with E-state index < -0.39 is 5.60 Å². The minimum absolute atomic E-state index is 0. The third-order valence-electron chi connectivity index (χ3n) is 4.09. The Morgan fingerprint density at radius 2 is 1.79 bits per heavy atom. The molecule has 1 heterocycles. The molecule has 3 aromatic rings. The molecule has 0 aliphatic rings. The van der Waals surface area contributed by atoms with E-state index in [1.807, 2.05) is 55.7 Å². The van der Waals surface area contributed by atoms with Gasteiger partial charge in [-0.1, -0.05) is 42.1 Å². The molecule has 0 unspecified atom stereocenters. The molecule has 7 heteroatoms. The van der Waals surface area contributed by atoms with E-state index in [9.17, 15) is 4.79 Å². The quantitative estimate of drug-likeness (QED) is 0.246. The molecule has 0 radical (unpaired) electrons. The normalized spacial score (nSPS) is 11.3. The Balaban J connectivity index is 0.00000300. The van der Waals surface area contributed by atoms with Gasteiger partial charge < -0.3 is 27.0 Å². The van der Waals surface area contributed by atoms with Crippen LogP contribution in [0.5, 0.6) is 0 Å². The van der Waals surface area contributed by atoms with Crippen LogP contribution in [0.3, 0.4) is 0 Å². The number of esters is 1. The van der Waals surface area contributed by atoms with E-state index in [2.05, 4.69) is 29.6 Å². The molecule has 0 bridgehead atoms. The summed E-state index contributed by atoms with van der Waals surface area (Å²) in [6.07, 6.45) is 1.05. The molecule has 3 rings (SSSR count). The average molecular weight is 434 g/mol. The predicted molar refractivity (Wildman–Crippen MR) is 114 cm³/mol. The maximum Gasteiger partial charge on any atom is 0.326 e. The van der Waals surface area contributed by atoms with Gasteiger partial charge in [0.1, 0.15) is 17.8 Å². The molecule has 0 saturated carbocycles. The van der Waals surface area contributed by atoms with Gasteiger partial charge in [-0.15, -0.1) is 0 Å². The maximum absolute atomic E-state index is 12.4. The van der Waals surface area contributed by atoms with Crippen LogP contribution >= 0.6 is 11.8 Å². The Bertz CT molecular complexity index is 923. The van der Waals surface area contributed by atoms with E-state index in [0.717, 1.165) is 34.9 Å². The van der Waals surface area contributed by atoms with E-state index in [-0.39, 0.29) is 24.9 Å². The summed E-state index contributed by atoms with van der Waals surface area (Å²) >= 11 is 1.69. The van der Waals surface area contributed by atoms with Crippen molar-refractivity contribution in [3.63, 3.8) is 0 Å². The number of para-hydroxylation sites is 3. The number of rotatable bonds is 8. The number of carbonyl (C=O) groups excluding carboxylic acids is 1. The molecule has 29 heavy (non-hydrogen) atoms. The van der Waals surface area contributed by atoms with Crippen LogP contribution in [0, 0.1) is 0 Å². The van der Waals surface area contributed by atoms with Crippen LogP contribution in [0.1, 0.15) is 27.2 Å². The van der Waals surface area contributed by atoms with Crippen molar-refractivity contribution in [3.8, 4) is 0 Å². The molecule has 0 amide bonds. The fourth-order valence-corrected chi connectivity index (χ4v) is 3.90. The highest BCUT2D eigenvalue weighted by Gasteiger charge is 2.19. The van der Waals surface area contributed by atoms with Crippen molar-refractivity contribution >= 4 is 34.5 Å². The number of fused-ring (bicyclic) bond motifs is 1. The zero-order chi connectivity index (χ0) is 20.0. The van der Waals surface area contributed by atoms with Crippen molar-refractivity contribution in [2.45, 2.75) is 44.5 Å². The van der Waals surface area contributed by atoms with Gasteiger partial charge in [-0.25, -0.2) is 4.98 Å². The fourth-order valence-electron chi connectivity index (χ4n) is 2.92. The van der Waals surface area contributed by atoms with Gasteiger partial charge in [-0.2, -0.15) is 0 Å². The lowest BCUT2D eigenvalue weighted by molar-refractivity contribution is -0.571. The number of quaternary nitrogens is 1.